The van der Waals surface area contributed by atoms with Gasteiger partial charge >= 0.3 is 0 Å². The maximum atomic E-state index is 13.5. The van der Waals surface area contributed by atoms with Crippen molar-refractivity contribution in [3.8, 4) is 17.0 Å². The number of likely N-dealkylation sites (N-methyl/N-ethyl adjacent to an activating group) is 1. The number of ether oxygens (including phenoxy) is 1. The molecule has 0 atom stereocenters. The second-order valence-corrected chi connectivity index (χ2v) is 10.4. The van der Waals surface area contributed by atoms with Crippen LogP contribution in [0.15, 0.2) is 60.7 Å². The third-order valence-corrected chi connectivity index (χ3v) is 7.84. The van der Waals surface area contributed by atoms with Crippen LogP contribution >= 0.6 is 11.6 Å². The molecule has 1 aliphatic rings. The monoisotopic (exact) mass is 578 g/mol. The molecule has 0 bridgehead atoms. The van der Waals surface area contributed by atoms with E-state index >= 15 is 0 Å². The topological polar surface area (TPSA) is 82.1 Å². The summed E-state index contributed by atoms with van der Waals surface area (Å²) in [4.78, 5) is 34.8. The minimum atomic E-state index is -0.222. The van der Waals surface area contributed by atoms with Crippen molar-refractivity contribution < 1.29 is 14.3 Å². The van der Waals surface area contributed by atoms with E-state index in [2.05, 4.69) is 33.8 Å². The molecule has 10 heteroatoms. The summed E-state index contributed by atoms with van der Waals surface area (Å²) >= 11 is 6.34. The molecule has 0 unspecified atom stereocenters. The van der Waals surface area contributed by atoms with E-state index in [0.717, 1.165) is 48.9 Å². The van der Waals surface area contributed by atoms with Crippen LogP contribution in [0.3, 0.4) is 0 Å². The van der Waals surface area contributed by atoms with Crippen molar-refractivity contribution in [2.75, 3.05) is 70.9 Å². The maximum Gasteiger partial charge on any atom is 0.255 e. The smallest absolute Gasteiger partial charge is 0.255 e. The highest BCUT2D eigenvalue weighted by Crippen LogP contribution is 2.22. The van der Waals surface area contributed by atoms with Gasteiger partial charge in [-0.15, -0.1) is 10.2 Å². The highest BCUT2D eigenvalue weighted by molar-refractivity contribution is 6.33. The van der Waals surface area contributed by atoms with Gasteiger partial charge in [0, 0.05) is 44.8 Å². The van der Waals surface area contributed by atoms with Crippen molar-refractivity contribution >= 4 is 29.2 Å². The highest BCUT2D eigenvalue weighted by Gasteiger charge is 2.26. The van der Waals surface area contributed by atoms with Gasteiger partial charge in [0.05, 0.1) is 23.4 Å². The van der Waals surface area contributed by atoms with Gasteiger partial charge in [-0.3, -0.25) is 9.59 Å². The number of anilines is 1. The van der Waals surface area contributed by atoms with Gasteiger partial charge < -0.3 is 24.3 Å². The highest BCUT2D eigenvalue weighted by atomic mass is 35.5. The Balaban J connectivity index is 1.39. The van der Waals surface area contributed by atoms with Gasteiger partial charge in [0.2, 0.25) is 5.91 Å². The molecule has 0 aliphatic carbocycles. The third-order valence-electron chi connectivity index (χ3n) is 7.51. The number of hydrogen-bond acceptors (Lipinski definition) is 7. The van der Waals surface area contributed by atoms with Crippen LogP contribution in [-0.4, -0.2) is 103 Å². The standard InChI is InChI=1S/C31H39ClN6O3/c1-4-35(5-2)19-20-38(31(40)26-9-6-7-10-27(26)32)23-30(39)37-18-8-17-36(21-22-37)29-16-15-28(33-34-29)24-11-13-25(41-3)14-12-24/h6-7,9-16H,4-5,8,17-23H2,1-3H3. The van der Waals surface area contributed by atoms with Crippen molar-refractivity contribution in [2.24, 2.45) is 0 Å². The lowest BCUT2D eigenvalue weighted by Crippen LogP contribution is -2.46. The molecule has 0 saturated carbocycles. The number of methoxy groups -OCH3 is 1. The first-order valence-electron chi connectivity index (χ1n) is 14.2. The molecule has 4 rings (SSSR count). The van der Waals surface area contributed by atoms with Crippen LogP contribution in [0.4, 0.5) is 5.82 Å². The summed E-state index contributed by atoms with van der Waals surface area (Å²) in [7, 11) is 1.64. The number of amides is 2. The van der Waals surface area contributed by atoms with Crippen LogP contribution in [0.5, 0.6) is 5.75 Å². The first kappa shape index (κ1) is 30.3. The molecule has 0 radical (unpaired) electrons. The summed E-state index contributed by atoms with van der Waals surface area (Å²) in [5, 5.41) is 9.30. The second kappa shape index (κ2) is 14.8. The van der Waals surface area contributed by atoms with Crippen LogP contribution in [-0.2, 0) is 4.79 Å². The molecule has 9 nitrogen and oxygen atoms in total. The van der Waals surface area contributed by atoms with Crippen LogP contribution in [0.1, 0.15) is 30.6 Å². The van der Waals surface area contributed by atoms with Gasteiger partial charge in [-0.1, -0.05) is 37.6 Å². The van der Waals surface area contributed by atoms with E-state index in [9.17, 15) is 9.59 Å². The first-order valence-corrected chi connectivity index (χ1v) is 14.6. The number of nitrogens with zero attached hydrogens (tertiary/aromatic N) is 6. The molecule has 1 fully saturated rings. The van der Waals surface area contributed by atoms with Crippen molar-refractivity contribution in [1.29, 1.82) is 0 Å². The lowest BCUT2D eigenvalue weighted by Gasteiger charge is -2.29. The Labute approximate surface area is 247 Å². The van der Waals surface area contributed by atoms with Crippen LogP contribution in [0.2, 0.25) is 5.02 Å². The summed E-state index contributed by atoms with van der Waals surface area (Å²) < 4.78 is 5.23. The number of carbonyl (C=O) groups excluding carboxylic acids is 2. The molecule has 41 heavy (non-hydrogen) atoms. The number of aromatic nitrogens is 2. The number of hydrogen-bond donors (Lipinski definition) is 0. The molecule has 2 aromatic carbocycles. The van der Waals surface area contributed by atoms with E-state index in [-0.39, 0.29) is 18.4 Å². The number of benzene rings is 2. The predicted molar refractivity (Wildman–Crippen MR) is 163 cm³/mol. The fourth-order valence-electron chi connectivity index (χ4n) is 4.93. The summed E-state index contributed by atoms with van der Waals surface area (Å²) in [6.07, 6.45) is 0.797. The van der Waals surface area contributed by atoms with Crippen LogP contribution in [0.25, 0.3) is 11.3 Å². The fourth-order valence-corrected chi connectivity index (χ4v) is 5.14. The minimum absolute atomic E-state index is 0.0156. The van der Waals surface area contributed by atoms with Crippen LogP contribution in [0, 0.1) is 0 Å². The summed E-state index contributed by atoms with van der Waals surface area (Å²) in [5.74, 6) is 1.29. The van der Waals surface area contributed by atoms with E-state index in [4.69, 9.17) is 16.3 Å². The zero-order valence-corrected chi connectivity index (χ0v) is 24.9. The Bertz CT molecular complexity index is 1280. The number of carbonyl (C=O) groups is 2. The molecule has 1 saturated heterocycles. The third kappa shape index (κ3) is 7.95. The van der Waals surface area contributed by atoms with Crippen molar-refractivity contribution in [3.63, 3.8) is 0 Å². The molecule has 2 heterocycles. The lowest BCUT2D eigenvalue weighted by atomic mass is 10.1. The zero-order chi connectivity index (χ0) is 29.2. The van der Waals surface area contributed by atoms with Gasteiger partial charge in [-0.05, 0) is 68.0 Å². The van der Waals surface area contributed by atoms with Gasteiger partial charge in [0.1, 0.15) is 12.3 Å². The quantitative estimate of drug-likeness (QED) is 0.335. The van der Waals surface area contributed by atoms with E-state index in [1.54, 1.807) is 36.3 Å². The van der Waals surface area contributed by atoms with Crippen molar-refractivity contribution in [2.45, 2.75) is 20.3 Å². The Morgan fingerprint density at radius 2 is 1.66 bits per heavy atom. The van der Waals surface area contributed by atoms with Gasteiger partial charge in [-0.25, -0.2) is 0 Å². The van der Waals surface area contributed by atoms with Crippen molar-refractivity contribution in [3.05, 3.63) is 71.2 Å². The molecule has 1 aliphatic heterocycles. The summed E-state index contributed by atoms with van der Waals surface area (Å²) in [6, 6.07) is 18.7. The van der Waals surface area contributed by atoms with Crippen molar-refractivity contribution in [1.82, 2.24) is 24.9 Å². The summed E-state index contributed by atoms with van der Waals surface area (Å²) in [6.45, 7) is 9.68. The molecule has 3 aromatic rings. The minimum Gasteiger partial charge on any atom is -0.497 e. The van der Waals surface area contributed by atoms with E-state index in [1.807, 2.05) is 41.3 Å². The largest absolute Gasteiger partial charge is 0.497 e. The normalized spacial score (nSPS) is 13.7. The average Bonchev–Trinajstić information content (AvgIpc) is 3.27. The molecule has 0 spiro atoms. The molecule has 218 valence electrons. The van der Waals surface area contributed by atoms with Gasteiger partial charge in [0.15, 0.2) is 5.82 Å². The Hall–Kier alpha value is -3.69. The molecule has 0 N–H and O–H groups in total. The lowest BCUT2D eigenvalue weighted by molar-refractivity contribution is -0.131. The molecule has 1 aromatic heterocycles. The first-order chi connectivity index (χ1) is 19.9. The Kier molecular flexibility index (Phi) is 10.9. The molecular formula is C31H39ClN6O3. The number of halogens is 1. The summed E-state index contributed by atoms with van der Waals surface area (Å²) in [5.41, 5.74) is 2.17. The number of rotatable bonds is 11. The molecular weight excluding hydrogens is 540 g/mol. The maximum absolute atomic E-state index is 13.5. The predicted octanol–water partition coefficient (Wildman–Crippen LogP) is 4.33. The second-order valence-electron chi connectivity index (χ2n) is 9.96. The zero-order valence-electron chi connectivity index (χ0n) is 24.1. The average molecular weight is 579 g/mol. The van der Waals surface area contributed by atoms with Gasteiger partial charge in [-0.2, -0.15) is 0 Å². The Morgan fingerprint density at radius 1 is 0.902 bits per heavy atom. The molecule has 2 amide bonds. The SMILES string of the molecule is CCN(CC)CCN(CC(=O)N1CCCN(c2ccc(-c3ccc(OC)cc3)nn2)CC1)C(=O)c1ccccc1Cl. The van der Waals surface area contributed by atoms with Crippen LogP contribution < -0.4 is 9.64 Å². The fraction of sp³-hybridized carbons (Fsp3) is 0.419. The Morgan fingerprint density at radius 3 is 2.32 bits per heavy atom. The van der Waals surface area contributed by atoms with E-state index in [1.165, 1.54) is 0 Å². The van der Waals surface area contributed by atoms with E-state index in [0.29, 0.717) is 43.3 Å². The van der Waals surface area contributed by atoms with E-state index < -0.39 is 0 Å². The van der Waals surface area contributed by atoms with Gasteiger partial charge in [0.25, 0.3) is 5.91 Å².